The summed E-state index contributed by atoms with van der Waals surface area (Å²) in [4.78, 5) is 4.08. The zero-order valence-corrected chi connectivity index (χ0v) is 9.02. The predicted octanol–water partition coefficient (Wildman–Crippen LogP) is 2.84. The molecule has 0 saturated heterocycles. The zero-order valence-electron chi connectivity index (χ0n) is 8.20. The maximum absolute atomic E-state index is 4.08. The second kappa shape index (κ2) is 5.10. The van der Waals surface area contributed by atoms with Gasteiger partial charge in [0.1, 0.15) is 6.33 Å². The van der Waals surface area contributed by atoms with Crippen molar-refractivity contribution in [3.63, 3.8) is 0 Å². The number of anilines is 1. The molecule has 1 aliphatic rings. The maximum Gasteiger partial charge on any atom is 0.202 e. The van der Waals surface area contributed by atoms with Crippen molar-refractivity contribution in [2.75, 3.05) is 11.9 Å². The summed E-state index contributed by atoms with van der Waals surface area (Å²) in [6.07, 6.45) is 10.4. The van der Waals surface area contributed by atoms with Gasteiger partial charge in [0.05, 0.1) is 0 Å². The number of rotatable bonds is 4. The van der Waals surface area contributed by atoms with Crippen molar-refractivity contribution >= 4 is 16.7 Å². The molecule has 14 heavy (non-hydrogen) atoms. The lowest BCUT2D eigenvalue weighted by Gasteiger charge is -2.12. The molecule has 1 heterocycles. The Morgan fingerprint density at radius 3 is 3.14 bits per heavy atom. The summed E-state index contributed by atoms with van der Waals surface area (Å²) in [5.41, 5.74) is 1.60. The molecule has 0 bridgehead atoms. The molecule has 0 saturated carbocycles. The molecule has 76 valence electrons. The lowest BCUT2D eigenvalue weighted by molar-refractivity contribution is 0.679. The number of nitrogens with zero attached hydrogens (tertiary/aromatic N) is 2. The number of hydrogen-bond donors (Lipinski definition) is 1. The average Bonchev–Trinajstić information content (AvgIpc) is 2.72. The summed E-state index contributed by atoms with van der Waals surface area (Å²) >= 11 is 1.42. The van der Waals surface area contributed by atoms with Crippen LogP contribution in [0.15, 0.2) is 18.0 Å². The minimum atomic E-state index is 0.932. The molecule has 2 rings (SSSR count). The van der Waals surface area contributed by atoms with E-state index in [1.165, 1.54) is 37.2 Å². The quantitative estimate of drug-likeness (QED) is 0.775. The SMILES string of the molecule is C1=C(CCNc2ncns2)CCCC1. The van der Waals surface area contributed by atoms with E-state index in [0.29, 0.717) is 0 Å². The molecule has 0 unspecified atom stereocenters. The number of hydrogen-bond acceptors (Lipinski definition) is 4. The third kappa shape index (κ3) is 2.80. The summed E-state index contributed by atoms with van der Waals surface area (Å²) in [6, 6.07) is 0. The minimum absolute atomic E-state index is 0.932. The Bertz CT molecular complexity index is 292. The lowest BCUT2D eigenvalue weighted by atomic mass is 9.97. The van der Waals surface area contributed by atoms with Crippen LogP contribution in [0.2, 0.25) is 0 Å². The van der Waals surface area contributed by atoms with Crippen molar-refractivity contribution in [1.29, 1.82) is 0 Å². The van der Waals surface area contributed by atoms with Gasteiger partial charge in [-0.1, -0.05) is 11.6 Å². The maximum atomic E-state index is 4.08. The standard InChI is InChI=1S/C10H15N3S/c1-2-4-9(5-3-1)6-7-11-10-12-8-13-14-10/h4,8H,1-3,5-7H2,(H,11,12,13). The highest BCUT2D eigenvalue weighted by Gasteiger charge is 2.03. The summed E-state index contributed by atoms with van der Waals surface area (Å²) in [5, 5.41) is 4.21. The van der Waals surface area contributed by atoms with Crippen LogP contribution in [0.5, 0.6) is 0 Å². The van der Waals surface area contributed by atoms with E-state index in [1.54, 1.807) is 11.9 Å². The van der Waals surface area contributed by atoms with Crippen molar-refractivity contribution in [3.05, 3.63) is 18.0 Å². The highest BCUT2D eigenvalue weighted by Crippen LogP contribution is 2.20. The molecule has 1 aliphatic carbocycles. The third-order valence-electron chi connectivity index (χ3n) is 2.47. The third-order valence-corrected chi connectivity index (χ3v) is 3.09. The Hall–Kier alpha value is -0.900. The molecule has 1 N–H and O–H groups in total. The Labute approximate surface area is 88.4 Å². The molecule has 0 fully saturated rings. The molecule has 0 amide bonds. The van der Waals surface area contributed by atoms with Crippen LogP contribution in [0.4, 0.5) is 5.13 Å². The molecular formula is C10H15N3S. The first-order valence-electron chi connectivity index (χ1n) is 5.13. The van der Waals surface area contributed by atoms with E-state index >= 15 is 0 Å². The summed E-state index contributed by atoms with van der Waals surface area (Å²) in [7, 11) is 0. The molecule has 4 heteroatoms. The minimum Gasteiger partial charge on any atom is -0.360 e. The molecule has 1 aromatic rings. The first-order valence-corrected chi connectivity index (χ1v) is 5.91. The fourth-order valence-corrected chi connectivity index (χ4v) is 2.17. The van der Waals surface area contributed by atoms with E-state index < -0.39 is 0 Å². The van der Waals surface area contributed by atoms with Crippen molar-refractivity contribution in [2.24, 2.45) is 0 Å². The number of aromatic nitrogens is 2. The van der Waals surface area contributed by atoms with Gasteiger partial charge in [-0.05, 0) is 32.1 Å². The predicted molar refractivity (Wildman–Crippen MR) is 59.6 cm³/mol. The van der Waals surface area contributed by atoms with Gasteiger partial charge in [-0.15, -0.1) is 0 Å². The molecule has 1 aromatic heterocycles. The second-order valence-corrected chi connectivity index (χ2v) is 4.31. The van der Waals surface area contributed by atoms with E-state index in [9.17, 15) is 0 Å². The van der Waals surface area contributed by atoms with E-state index in [2.05, 4.69) is 20.8 Å². The van der Waals surface area contributed by atoms with Crippen molar-refractivity contribution in [1.82, 2.24) is 9.36 Å². The normalized spacial score (nSPS) is 16.4. The van der Waals surface area contributed by atoms with E-state index in [-0.39, 0.29) is 0 Å². The van der Waals surface area contributed by atoms with Gasteiger partial charge in [-0.25, -0.2) is 4.98 Å². The Morgan fingerprint density at radius 1 is 1.43 bits per heavy atom. The molecule has 0 aromatic carbocycles. The Balaban J connectivity index is 1.70. The molecule has 0 aliphatic heterocycles. The van der Waals surface area contributed by atoms with Gasteiger partial charge in [-0.2, -0.15) is 4.37 Å². The van der Waals surface area contributed by atoms with E-state index in [4.69, 9.17) is 0 Å². The summed E-state index contributed by atoms with van der Waals surface area (Å²) in [5.74, 6) is 0. The van der Waals surface area contributed by atoms with Gasteiger partial charge in [0.25, 0.3) is 0 Å². The van der Waals surface area contributed by atoms with Crippen molar-refractivity contribution < 1.29 is 0 Å². The average molecular weight is 209 g/mol. The van der Waals surface area contributed by atoms with Crippen LogP contribution in [-0.2, 0) is 0 Å². The topological polar surface area (TPSA) is 37.8 Å². The van der Waals surface area contributed by atoms with E-state index in [0.717, 1.165) is 18.1 Å². The summed E-state index contributed by atoms with van der Waals surface area (Å²) in [6.45, 7) is 0.987. The smallest absolute Gasteiger partial charge is 0.202 e. The Kier molecular flexibility index (Phi) is 3.51. The van der Waals surface area contributed by atoms with Crippen LogP contribution in [-0.4, -0.2) is 15.9 Å². The van der Waals surface area contributed by atoms with Crippen molar-refractivity contribution in [3.8, 4) is 0 Å². The Morgan fingerprint density at radius 2 is 2.43 bits per heavy atom. The van der Waals surface area contributed by atoms with Crippen LogP contribution in [0.1, 0.15) is 32.1 Å². The lowest BCUT2D eigenvalue weighted by Crippen LogP contribution is -2.03. The monoisotopic (exact) mass is 209 g/mol. The highest BCUT2D eigenvalue weighted by atomic mass is 32.1. The van der Waals surface area contributed by atoms with Crippen LogP contribution in [0.3, 0.4) is 0 Å². The van der Waals surface area contributed by atoms with Crippen LogP contribution >= 0.6 is 11.5 Å². The van der Waals surface area contributed by atoms with Crippen LogP contribution in [0, 0.1) is 0 Å². The second-order valence-electron chi connectivity index (χ2n) is 3.53. The van der Waals surface area contributed by atoms with Gasteiger partial charge in [-0.3, -0.25) is 0 Å². The number of nitrogens with one attached hydrogen (secondary N) is 1. The van der Waals surface area contributed by atoms with Crippen molar-refractivity contribution in [2.45, 2.75) is 32.1 Å². The van der Waals surface area contributed by atoms with Gasteiger partial charge >= 0.3 is 0 Å². The molecular weight excluding hydrogens is 194 g/mol. The summed E-state index contributed by atoms with van der Waals surface area (Å²) < 4.78 is 3.94. The van der Waals surface area contributed by atoms with Gasteiger partial charge < -0.3 is 5.32 Å². The molecule has 0 spiro atoms. The van der Waals surface area contributed by atoms with Crippen LogP contribution in [0.25, 0.3) is 0 Å². The van der Waals surface area contributed by atoms with Gasteiger partial charge in [0.15, 0.2) is 0 Å². The highest BCUT2D eigenvalue weighted by molar-refractivity contribution is 7.09. The first kappa shape index (κ1) is 9.65. The zero-order chi connectivity index (χ0) is 9.64. The van der Waals surface area contributed by atoms with Gasteiger partial charge in [0, 0.05) is 18.1 Å². The largest absolute Gasteiger partial charge is 0.360 e. The first-order chi connectivity index (χ1) is 6.95. The van der Waals surface area contributed by atoms with Gasteiger partial charge in [0.2, 0.25) is 5.13 Å². The molecule has 0 atom stereocenters. The fraction of sp³-hybridized carbons (Fsp3) is 0.600. The molecule has 3 nitrogen and oxygen atoms in total. The molecule has 0 radical (unpaired) electrons. The fourth-order valence-electron chi connectivity index (χ4n) is 1.71. The van der Waals surface area contributed by atoms with Crippen LogP contribution < -0.4 is 5.32 Å². The van der Waals surface area contributed by atoms with E-state index in [1.807, 2.05) is 0 Å². The number of allylic oxidation sites excluding steroid dienone is 1.